The minimum Gasteiger partial charge on any atom is -0.497 e. The number of unbranched alkanes of at least 4 members (excludes halogenated alkanes) is 1. The van der Waals surface area contributed by atoms with Crippen LogP contribution in [-0.4, -0.2) is 56.1 Å². The van der Waals surface area contributed by atoms with Crippen molar-refractivity contribution in [1.82, 2.24) is 14.6 Å². The minimum atomic E-state index is -3.22. The molecule has 188 valence electrons. The highest BCUT2D eigenvalue weighted by Crippen LogP contribution is 2.32. The van der Waals surface area contributed by atoms with Gasteiger partial charge < -0.3 is 15.0 Å². The molecular formula is C27H35N3O4S. The number of aromatic nitrogens is 1. The molecule has 8 heteroatoms. The first kappa shape index (κ1) is 25.3. The quantitative estimate of drug-likeness (QED) is 0.438. The molecule has 1 amide bonds. The molecule has 7 nitrogen and oxygen atoms in total. The largest absolute Gasteiger partial charge is 0.497 e. The first-order chi connectivity index (χ1) is 16.9. The molecule has 0 saturated carbocycles. The molecule has 2 N–H and O–H groups in total. The topological polar surface area (TPSA) is 91.5 Å². The van der Waals surface area contributed by atoms with Gasteiger partial charge in [-0.1, -0.05) is 43.7 Å². The average Bonchev–Trinajstić information content (AvgIpc) is 3.32. The summed E-state index contributed by atoms with van der Waals surface area (Å²) in [5, 5.41) is 4.30. The molecular weight excluding hydrogens is 462 g/mol. The number of nitrogens with zero attached hydrogens (tertiary/aromatic N) is 1. The maximum atomic E-state index is 13.1. The number of rotatable bonds is 10. The van der Waals surface area contributed by atoms with E-state index in [0.29, 0.717) is 38.9 Å². The Bertz CT molecular complexity index is 1230. The lowest BCUT2D eigenvalue weighted by Gasteiger charge is -2.31. The number of carbonyl (C=O) groups excluding carboxylic acids is 1. The number of H-pyrrole nitrogens is 1. The van der Waals surface area contributed by atoms with Gasteiger partial charge in [0, 0.05) is 48.6 Å². The van der Waals surface area contributed by atoms with Gasteiger partial charge >= 0.3 is 0 Å². The molecule has 0 bridgehead atoms. The summed E-state index contributed by atoms with van der Waals surface area (Å²) < 4.78 is 31.9. The van der Waals surface area contributed by atoms with Gasteiger partial charge in [0.25, 0.3) is 0 Å². The zero-order chi connectivity index (χ0) is 24.8. The maximum absolute atomic E-state index is 13.1. The zero-order valence-electron chi connectivity index (χ0n) is 20.5. The van der Waals surface area contributed by atoms with Crippen molar-refractivity contribution in [3.8, 4) is 5.75 Å². The number of para-hydroxylation sites is 1. The van der Waals surface area contributed by atoms with Crippen molar-refractivity contribution in [2.45, 2.75) is 38.5 Å². The molecule has 3 aromatic rings. The second-order valence-corrected chi connectivity index (χ2v) is 11.3. The van der Waals surface area contributed by atoms with Crippen molar-refractivity contribution in [1.29, 1.82) is 0 Å². The van der Waals surface area contributed by atoms with E-state index in [1.165, 1.54) is 0 Å². The Morgan fingerprint density at radius 2 is 1.86 bits per heavy atom. The Balaban J connectivity index is 1.45. The number of hydrogen-bond acceptors (Lipinski definition) is 4. The number of nitrogens with one attached hydrogen (secondary N) is 2. The predicted molar refractivity (Wildman–Crippen MR) is 139 cm³/mol. The van der Waals surface area contributed by atoms with Crippen LogP contribution in [0.25, 0.3) is 10.9 Å². The zero-order valence-corrected chi connectivity index (χ0v) is 21.3. The number of carbonyl (C=O) groups is 1. The Morgan fingerprint density at radius 1 is 1.14 bits per heavy atom. The van der Waals surface area contributed by atoms with Gasteiger partial charge in [-0.15, -0.1) is 0 Å². The van der Waals surface area contributed by atoms with Gasteiger partial charge in [0.15, 0.2) is 0 Å². The molecule has 35 heavy (non-hydrogen) atoms. The highest BCUT2D eigenvalue weighted by molar-refractivity contribution is 7.89. The molecule has 1 aromatic heterocycles. The monoisotopic (exact) mass is 497 g/mol. The van der Waals surface area contributed by atoms with Gasteiger partial charge in [0.05, 0.1) is 12.9 Å². The van der Waals surface area contributed by atoms with E-state index in [1.807, 2.05) is 55.6 Å². The highest BCUT2D eigenvalue weighted by atomic mass is 32.2. The van der Waals surface area contributed by atoms with E-state index in [-0.39, 0.29) is 23.5 Å². The first-order valence-corrected chi connectivity index (χ1v) is 14.0. The molecule has 1 fully saturated rings. The van der Waals surface area contributed by atoms with Gasteiger partial charge in [-0.2, -0.15) is 0 Å². The Kier molecular flexibility index (Phi) is 8.13. The van der Waals surface area contributed by atoms with Gasteiger partial charge in [-0.05, 0) is 48.6 Å². The number of sulfonamides is 1. The number of benzene rings is 2. The van der Waals surface area contributed by atoms with Crippen molar-refractivity contribution in [3.05, 3.63) is 65.9 Å². The number of piperidine rings is 1. The molecule has 0 radical (unpaired) electrons. The molecule has 1 aliphatic rings. The van der Waals surface area contributed by atoms with Crippen LogP contribution < -0.4 is 10.1 Å². The van der Waals surface area contributed by atoms with E-state index in [1.54, 1.807) is 11.4 Å². The summed E-state index contributed by atoms with van der Waals surface area (Å²) in [4.78, 5) is 16.4. The SMILES string of the molecule is CCCCS(=O)(=O)N1CCC(C(=O)NCC(c2ccc(OC)cc2)c2c[nH]c3ccccc23)CC1. The van der Waals surface area contributed by atoms with Crippen LogP contribution in [0, 0.1) is 5.92 Å². The van der Waals surface area contributed by atoms with E-state index in [0.717, 1.165) is 34.2 Å². The first-order valence-electron chi connectivity index (χ1n) is 12.4. The van der Waals surface area contributed by atoms with Crippen molar-refractivity contribution in [2.24, 2.45) is 5.92 Å². The molecule has 0 spiro atoms. The van der Waals surface area contributed by atoms with E-state index in [2.05, 4.69) is 16.4 Å². The fourth-order valence-corrected chi connectivity index (χ4v) is 6.50. The maximum Gasteiger partial charge on any atom is 0.223 e. The van der Waals surface area contributed by atoms with Gasteiger partial charge in [-0.25, -0.2) is 12.7 Å². The Morgan fingerprint density at radius 3 is 2.54 bits per heavy atom. The van der Waals surface area contributed by atoms with Crippen LogP contribution in [0.2, 0.25) is 0 Å². The number of ether oxygens (including phenoxy) is 1. The average molecular weight is 498 g/mol. The minimum absolute atomic E-state index is 0.00559. The lowest BCUT2D eigenvalue weighted by molar-refractivity contribution is -0.126. The summed E-state index contributed by atoms with van der Waals surface area (Å²) in [5.74, 6) is 0.766. The van der Waals surface area contributed by atoms with Crippen molar-refractivity contribution >= 4 is 26.8 Å². The van der Waals surface area contributed by atoms with E-state index >= 15 is 0 Å². The van der Waals surface area contributed by atoms with Crippen molar-refractivity contribution in [2.75, 3.05) is 32.5 Å². The van der Waals surface area contributed by atoms with Crippen molar-refractivity contribution in [3.63, 3.8) is 0 Å². The van der Waals surface area contributed by atoms with Crippen LogP contribution in [-0.2, 0) is 14.8 Å². The summed E-state index contributed by atoms with van der Waals surface area (Å²) in [6.07, 6.45) is 4.65. The van der Waals surface area contributed by atoms with Crippen LogP contribution >= 0.6 is 0 Å². The molecule has 1 unspecified atom stereocenters. The number of methoxy groups -OCH3 is 1. The lowest BCUT2D eigenvalue weighted by Crippen LogP contribution is -2.44. The fraction of sp³-hybridized carbons (Fsp3) is 0.444. The third-order valence-electron chi connectivity index (χ3n) is 6.97. The smallest absolute Gasteiger partial charge is 0.223 e. The standard InChI is InChI=1S/C27H35N3O4S/c1-3-4-17-35(32,33)30-15-13-21(14-16-30)27(31)29-18-24(20-9-11-22(34-2)12-10-20)25-19-28-26-8-6-5-7-23(25)26/h5-12,19,21,24,28H,3-4,13-18H2,1-2H3,(H,29,31). The molecule has 0 aliphatic carbocycles. The molecule has 1 atom stereocenters. The number of amides is 1. The Hall–Kier alpha value is -2.84. The van der Waals surface area contributed by atoms with Crippen LogP contribution in [0.15, 0.2) is 54.7 Å². The summed E-state index contributed by atoms with van der Waals surface area (Å²) in [6, 6.07) is 16.1. The van der Waals surface area contributed by atoms with Crippen molar-refractivity contribution < 1.29 is 17.9 Å². The van der Waals surface area contributed by atoms with E-state index in [9.17, 15) is 13.2 Å². The third-order valence-corrected chi connectivity index (χ3v) is 8.93. The van der Waals surface area contributed by atoms with Crippen LogP contribution in [0.4, 0.5) is 0 Å². The summed E-state index contributed by atoms with van der Waals surface area (Å²) in [7, 11) is -1.58. The normalized spacial score (nSPS) is 16.3. The fourth-order valence-electron chi connectivity index (χ4n) is 4.82. The van der Waals surface area contributed by atoms with E-state index in [4.69, 9.17) is 4.74 Å². The predicted octanol–water partition coefficient (Wildman–Crippen LogP) is 4.27. The summed E-state index contributed by atoms with van der Waals surface area (Å²) in [6.45, 7) is 3.27. The second-order valence-electron chi connectivity index (χ2n) is 9.20. The van der Waals surface area contributed by atoms with E-state index < -0.39 is 10.0 Å². The molecule has 2 aromatic carbocycles. The number of aromatic amines is 1. The molecule has 4 rings (SSSR count). The number of hydrogen-bond donors (Lipinski definition) is 2. The van der Waals surface area contributed by atoms with Gasteiger partial charge in [-0.3, -0.25) is 4.79 Å². The highest BCUT2D eigenvalue weighted by Gasteiger charge is 2.31. The van der Waals surface area contributed by atoms with Crippen LogP contribution in [0.1, 0.15) is 49.7 Å². The van der Waals surface area contributed by atoms with Crippen LogP contribution in [0.5, 0.6) is 5.75 Å². The van der Waals surface area contributed by atoms with Crippen LogP contribution in [0.3, 0.4) is 0 Å². The second kappa shape index (κ2) is 11.3. The summed E-state index contributed by atoms with van der Waals surface area (Å²) >= 11 is 0. The lowest BCUT2D eigenvalue weighted by atomic mass is 9.90. The molecule has 1 saturated heterocycles. The molecule has 2 heterocycles. The summed E-state index contributed by atoms with van der Waals surface area (Å²) in [5.41, 5.74) is 3.28. The van der Waals surface area contributed by atoms with Gasteiger partial charge in [0.2, 0.25) is 15.9 Å². The van der Waals surface area contributed by atoms with Gasteiger partial charge in [0.1, 0.15) is 5.75 Å². The Labute approximate surface area is 207 Å². The molecule has 1 aliphatic heterocycles. The number of fused-ring (bicyclic) bond motifs is 1. The third kappa shape index (κ3) is 5.87.